The third kappa shape index (κ3) is 3.29. The molecule has 0 unspecified atom stereocenters. The standard InChI is InChI=1S/C20H21N3O2S/c1-26(25)13-14-6-4-7-15(12-14)20(24)23-11-5-10-18(23)19-21-16-8-2-3-9-17(16)22-19/h2-4,6-9,12,18H,5,10-11,13H2,1H3,(H,21,22)/t18-,26+/m1/s1. The molecule has 26 heavy (non-hydrogen) atoms. The first kappa shape index (κ1) is 17.0. The summed E-state index contributed by atoms with van der Waals surface area (Å²) in [4.78, 5) is 23.0. The minimum Gasteiger partial charge on any atom is -0.340 e. The molecule has 2 heterocycles. The lowest BCUT2D eigenvalue weighted by molar-refractivity contribution is 0.0730. The van der Waals surface area contributed by atoms with E-state index >= 15 is 0 Å². The van der Waals surface area contributed by atoms with Crippen LogP contribution in [0.4, 0.5) is 0 Å². The third-order valence-corrected chi connectivity index (χ3v) is 5.52. The SMILES string of the molecule is C[S@](=O)Cc1cccc(C(=O)N2CCC[C@@H]2c2nc3ccccc3[nH]2)c1. The highest BCUT2D eigenvalue weighted by Crippen LogP contribution is 2.32. The number of nitrogens with one attached hydrogen (secondary N) is 1. The predicted octanol–water partition coefficient (Wildman–Crippen LogP) is 3.42. The Morgan fingerprint density at radius 2 is 2.12 bits per heavy atom. The predicted molar refractivity (Wildman–Crippen MR) is 103 cm³/mol. The van der Waals surface area contributed by atoms with Crippen molar-refractivity contribution >= 4 is 27.7 Å². The number of para-hydroxylation sites is 2. The van der Waals surface area contributed by atoms with E-state index in [4.69, 9.17) is 0 Å². The lowest BCUT2D eigenvalue weighted by Gasteiger charge is -2.23. The fourth-order valence-electron chi connectivity index (χ4n) is 3.62. The number of fused-ring (bicyclic) bond motifs is 1. The van der Waals surface area contributed by atoms with Crippen LogP contribution in [0.15, 0.2) is 48.5 Å². The van der Waals surface area contributed by atoms with Crippen LogP contribution in [0, 0.1) is 0 Å². The summed E-state index contributed by atoms with van der Waals surface area (Å²) >= 11 is 0. The number of aromatic nitrogens is 2. The zero-order valence-corrected chi connectivity index (χ0v) is 15.5. The molecular weight excluding hydrogens is 346 g/mol. The molecule has 1 aliphatic heterocycles. The molecule has 1 aliphatic rings. The Morgan fingerprint density at radius 3 is 2.92 bits per heavy atom. The summed E-state index contributed by atoms with van der Waals surface area (Å²) < 4.78 is 11.5. The van der Waals surface area contributed by atoms with E-state index in [0.29, 0.717) is 11.3 Å². The van der Waals surface area contributed by atoms with Crippen LogP contribution in [-0.4, -0.2) is 37.8 Å². The van der Waals surface area contributed by atoms with Gasteiger partial charge in [0.05, 0.1) is 17.1 Å². The van der Waals surface area contributed by atoms with E-state index in [1.54, 1.807) is 6.26 Å². The van der Waals surface area contributed by atoms with Gasteiger partial charge in [-0.15, -0.1) is 0 Å². The zero-order valence-electron chi connectivity index (χ0n) is 14.6. The molecule has 1 N–H and O–H groups in total. The van der Waals surface area contributed by atoms with Crippen molar-refractivity contribution in [2.75, 3.05) is 12.8 Å². The van der Waals surface area contributed by atoms with Gasteiger partial charge in [-0.2, -0.15) is 0 Å². The van der Waals surface area contributed by atoms with Gasteiger partial charge in [0, 0.05) is 34.9 Å². The largest absolute Gasteiger partial charge is 0.340 e. The van der Waals surface area contributed by atoms with E-state index in [0.717, 1.165) is 41.8 Å². The number of rotatable bonds is 4. The Balaban J connectivity index is 1.61. The van der Waals surface area contributed by atoms with Gasteiger partial charge in [0.25, 0.3) is 5.91 Å². The number of hydrogen-bond acceptors (Lipinski definition) is 3. The van der Waals surface area contributed by atoms with Crippen LogP contribution in [0.2, 0.25) is 0 Å². The number of amides is 1. The van der Waals surface area contributed by atoms with Crippen LogP contribution in [0.3, 0.4) is 0 Å². The molecule has 1 aromatic heterocycles. The maximum Gasteiger partial charge on any atom is 0.254 e. The molecule has 134 valence electrons. The van der Waals surface area contributed by atoms with Gasteiger partial charge in [-0.1, -0.05) is 24.3 Å². The minimum atomic E-state index is -0.926. The van der Waals surface area contributed by atoms with E-state index < -0.39 is 10.8 Å². The number of H-pyrrole nitrogens is 1. The number of imidazole rings is 1. The maximum absolute atomic E-state index is 13.1. The molecule has 1 amide bonds. The molecule has 6 heteroatoms. The van der Waals surface area contributed by atoms with Crippen molar-refractivity contribution in [3.63, 3.8) is 0 Å². The summed E-state index contributed by atoms with van der Waals surface area (Å²) in [7, 11) is -0.926. The number of likely N-dealkylation sites (tertiary alicyclic amines) is 1. The number of aromatic amines is 1. The van der Waals surface area contributed by atoms with Crippen molar-refractivity contribution in [1.29, 1.82) is 0 Å². The molecular formula is C20H21N3O2S. The molecule has 1 fully saturated rings. The van der Waals surface area contributed by atoms with Crippen LogP contribution < -0.4 is 0 Å². The van der Waals surface area contributed by atoms with Crippen molar-refractivity contribution < 1.29 is 9.00 Å². The van der Waals surface area contributed by atoms with Gasteiger partial charge in [0.2, 0.25) is 0 Å². The lowest BCUT2D eigenvalue weighted by Crippen LogP contribution is -2.31. The van der Waals surface area contributed by atoms with Crippen LogP contribution >= 0.6 is 0 Å². The Bertz CT molecular complexity index is 949. The van der Waals surface area contributed by atoms with Crippen LogP contribution in [-0.2, 0) is 16.6 Å². The number of hydrogen-bond donors (Lipinski definition) is 1. The number of nitrogens with zero attached hydrogens (tertiary/aromatic N) is 2. The fourth-order valence-corrected chi connectivity index (χ4v) is 4.27. The van der Waals surface area contributed by atoms with Crippen LogP contribution in [0.5, 0.6) is 0 Å². The van der Waals surface area contributed by atoms with E-state index in [2.05, 4.69) is 9.97 Å². The van der Waals surface area contributed by atoms with E-state index in [-0.39, 0.29) is 11.9 Å². The molecule has 0 bridgehead atoms. The molecule has 4 rings (SSSR count). The first-order chi connectivity index (χ1) is 12.6. The summed E-state index contributed by atoms with van der Waals surface area (Å²) in [5.41, 5.74) is 3.50. The summed E-state index contributed by atoms with van der Waals surface area (Å²) in [6.07, 6.45) is 3.54. The first-order valence-corrected chi connectivity index (χ1v) is 10.5. The smallest absolute Gasteiger partial charge is 0.254 e. The Morgan fingerprint density at radius 1 is 1.27 bits per heavy atom. The molecule has 2 atom stereocenters. The third-order valence-electron chi connectivity index (χ3n) is 4.78. The van der Waals surface area contributed by atoms with Gasteiger partial charge >= 0.3 is 0 Å². The average molecular weight is 367 g/mol. The monoisotopic (exact) mass is 367 g/mol. The first-order valence-electron chi connectivity index (χ1n) is 8.76. The van der Waals surface area contributed by atoms with Gasteiger partial charge in [-0.25, -0.2) is 4.98 Å². The van der Waals surface area contributed by atoms with Crippen LogP contribution in [0.25, 0.3) is 11.0 Å². The molecule has 0 spiro atoms. The average Bonchev–Trinajstić information content (AvgIpc) is 3.27. The number of carbonyl (C=O) groups is 1. The Hall–Kier alpha value is -2.47. The molecule has 0 saturated carbocycles. The quantitative estimate of drug-likeness (QED) is 0.768. The minimum absolute atomic E-state index is 0.0108. The Labute approximate surface area is 154 Å². The molecule has 0 radical (unpaired) electrons. The summed E-state index contributed by atoms with van der Waals surface area (Å²) in [5, 5.41) is 0. The zero-order chi connectivity index (χ0) is 18.1. The van der Waals surface area contributed by atoms with E-state index in [1.807, 2.05) is 53.4 Å². The second kappa shape index (κ2) is 7.03. The topological polar surface area (TPSA) is 66.1 Å². The van der Waals surface area contributed by atoms with Gasteiger partial charge in [0.15, 0.2) is 0 Å². The number of carbonyl (C=O) groups excluding carboxylic acids is 1. The second-order valence-corrected chi connectivity index (χ2v) is 8.15. The second-order valence-electron chi connectivity index (χ2n) is 6.71. The summed E-state index contributed by atoms with van der Waals surface area (Å²) in [5.74, 6) is 1.33. The molecule has 3 aromatic rings. The maximum atomic E-state index is 13.1. The lowest BCUT2D eigenvalue weighted by atomic mass is 10.1. The van der Waals surface area contributed by atoms with Gasteiger partial charge < -0.3 is 9.88 Å². The van der Waals surface area contributed by atoms with Crippen molar-refractivity contribution in [2.45, 2.75) is 24.6 Å². The molecule has 0 aliphatic carbocycles. The molecule has 1 saturated heterocycles. The van der Waals surface area contributed by atoms with Gasteiger partial charge in [0.1, 0.15) is 5.82 Å². The van der Waals surface area contributed by atoms with Crippen molar-refractivity contribution in [3.05, 3.63) is 65.5 Å². The molecule has 2 aromatic carbocycles. The normalized spacial score (nSPS) is 18.3. The Kier molecular flexibility index (Phi) is 4.59. The van der Waals surface area contributed by atoms with Crippen LogP contribution in [0.1, 0.15) is 40.6 Å². The summed E-state index contributed by atoms with van der Waals surface area (Å²) in [6.45, 7) is 0.727. The summed E-state index contributed by atoms with van der Waals surface area (Å²) in [6, 6.07) is 15.4. The van der Waals surface area contributed by atoms with Crippen molar-refractivity contribution in [3.8, 4) is 0 Å². The highest BCUT2D eigenvalue weighted by molar-refractivity contribution is 7.83. The van der Waals surface area contributed by atoms with Crippen molar-refractivity contribution in [2.24, 2.45) is 0 Å². The fraction of sp³-hybridized carbons (Fsp3) is 0.300. The van der Waals surface area contributed by atoms with Gasteiger partial charge in [-0.3, -0.25) is 9.00 Å². The number of benzene rings is 2. The highest BCUT2D eigenvalue weighted by Gasteiger charge is 2.32. The van der Waals surface area contributed by atoms with E-state index in [1.165, 1.54) is 0 Å². The van der Waals surface area contributed by atoms with Crippen molar-refractivity contribution in [1.82, 2.24) is 14.9 Å². The van der Waals surface area contributed by atoms with E-state index in [9.17, 15) is 9.00 Å². The highest BCUT2D eigenvalue weighted by atomic mass is 32.2. The van der Waals surface area contributed by atoms with Gasteiger partial charge in [-0.05, 0) is 42.7 Å². The molecule has 5 nitrogen and oxygen atoms in total.